The van der Waals surface area contributed by atoms with Crippen molar-refractivity contribution in [3.63, 3.8) is 0 Å². The normalized spacial score (nSPS) is 12.0. The number of ether oxygens (including phenoxy) is 1. The van der Waals surface area contributed by atoms with Gasteiger partial charge in [0, 0.05) is 12.2 Å². The summed E-state index contributed by atoms with van der Waals surface area (Å²) in [6.07, 6.45) is 0.0778. The Balaban J connectivity index is 2.70. The highest BCUT2D eigenvalue weighted by molar-refractivity contribution is 5.97. The smallest absolute Gasteiger partial charge is 0.341 e. The van der Waals surface area contributed by atoms with Gasteiger partial charge in [-0.25, -0.2) is 4.79 Å². The standard InChI is InChI=1S/C15H22N2O4/c1-9(2)7-8-17-14(18)10(3)21-12-6-4-5-11(16)13(12)15(19)20/h4-6,9-10H,7-8,16H2,1-3H3,(H,17,18)(H,19,20). The van der Waals surface area contributed by atoms with Gasteiger partial charge in [-0.15, -0.1) is 0 Å². The number of nitrogens with one attached hydrogen (secondary N) is 1. The van der Waals surface area contributed by atoms with Crippen LogP contribution < -0.4 is 15.8 Å². The van der Waals surface area contributed by atoms with Crippen molar-refractivity contribution in [1.82, 2.24) is 5.32 Å². The number of benzene rings is 1. The molecule has 4 N–H and O–H groups in total. The van der Waals surface area contributed by atoms with E-state index in [0.29, 0.717) is 12.5 Å². The van der Waals surface area contributed by atoms with E-state index < -0.39 is 12.1 Å². The SMILES string of the molecule is CC(C)CCNC(=O)C(C)Oc1cccc(N)c1C(=O)O. The summed E-state index contributed by atoms with van der Waals surface area (Å²) in [5.74, 6) is -0.881. The third-order valence-electron chi connectivity index (χ3n) is 2.97. The van der Waals surface area contributed by atoms with Crippen LogP contribution in [0.25, 0.3) is 0 Å². The number of carboxylic acid groups (broad SMARTS) is 1. The molecule has 0 radical (unpaired) electrons. The van der Waals surface area contributed by atoms with E-state index in [1.165, 1.54) is 12.1 Å². The molecule has 1 rings (SSSR count). The zero-order chi connectivity index (χ0) is 16.0. The van der Waals surface area contributed by atoms with Crippen LogP contribution in [0.15, 0.2) is 18.2 Å². The number of nitrogens with two attached hydrogens (primary N) is 1. The first kappa shape index (κ1) is 16.8. The molecule has 0 saturated carbocycles. The van der Waals surface area contributed by atoms with Crippen LogP contribution >= 0.6 is 0 Å². The van der Waals surface area contributed by atoms with Gasteiger partial charge in [0.05, 0.1) is 0 Å². The fourth-order valence-corrected chi connectivity index (χ4v) is 1.75. The van der Waals surface area contributed by atoms with Crippen molar-refractivity contribution >= 4 is 17.6 Å². The Labute approximate surface area is 124 Å². The summed E-state index contributed by atoms with van der Waals surface area (Å²) in [6, 6.07) is 4.54. The van der Waals surface area contributed by atoms with Crippen LogP contribution in [-0.4, -0.2) is 29.6 Å². The summed E-state index contributed by atoms with van der Waals surface area (Å²) in [4.78, 5) is 23.1. The van der Waals surface area contributed by atoms with Gasteiger partial charge in [0.2, 0.25) is 0 Å². The van der Waals surface area contributed by atoms with E-state index in [-0.39, 0.29) is 22.9 Å². The van der Waals surface area contributed by atoms with Crippen LogP contribution in [-0.2, 0) is 4.79 Å². The highest BCUT2D eigenvalue weighted by Gasteiger charge is 2.20. The molecular formula is C15H22N2O4. The fourth-order valence-electron chi connectivity index (χ4n) is 1.75. The first-order valence-corrected chi connectivity index (χ1v) is 6.89. The summed E-state index contributed by atoms with van der Waals surface area (Å²) < 4.78 is 5.43. The van der Waals surface area contributed by atoms with Gasteiger partial charge in [0.25, 0.3) is 5.91 Å². The summed E-state index contributed by atoms with van der Waals surface area (Å²) in [5, 5.41) is 11.9. The predicted octanol–water partition coefficient (Wildman–Crippen LogP) is 1.90. The molecule has 0 aliphatic rings. The minimum atomic E-state index is -1.18. The highest BCUT2D eigenvalue weighted by atomic mass is 16.5. The lowest BCUT2D eigenvalue weighted by atomic mass is 10.1. The molecule has 1 atom stereocenters. The second-order valence-corrected chi connectivity index (χ2v) is 5.26. The molecule has 116 valence electrons. The Morgan fingerprint density at radius 2 is 2.00 bits per heavy atom. The van der Waals surface area contributed by atoms with Gasteiger partial charge < -0.3 is 20.9 Å². The lowest BCUT2D eigenvalue weighted by molar-refractivity contribution is -0.127. The second kappa shape index (κ2) is 7.52. The molecule has 0 spiro atoms. The van der Waals surface area contributed by atoms with Crippen LogP contribution in [0.4, 0.5) is 5.69 Å². The molecule has 1 aromatic rings. The van der Waals surface area contributed by atoms with Gasteiger partial charge in [-0.1, -0.05) is 19.9 Å². The minimum Gasteiger partial charge on any atom is -0.480 e. The summed E-state index contributed by atoms with van der Waals surface area (Å²) in [7, 11) is 0. The van der Waals surface area contributed by atoms with Gasteiger partial charge in [0.1, 0.15) is 11.3 Å². The molecule has 1 aromatic carbocycles. The van der Waals surface area contributed by atoms with Gasteiger partial charge in [0.15, 0.2) is 6.10 Å². The average molecular weight is 294 g/mol. The van der Waals surface area contributed by atoms with E-state index >= 15 is 0 Å². The number of hydrogen-bond acceptors (Lipinski definition) is 4. The summed E-state index contributed by atoms with van der Waals surface area (Å²) in [5.41, 5.74) is 5.60. The van der Waals surface area contributed by atoms with Crippen molar-refractivity contribution in [2.75, 3.05) is 12.3 Å². The van der Waals surface area contributed by atoms with E-state index in [1.807, 2.05) is 0 Å². The Bertz CT molecular complexity index is 514. The molecule has 6 heteroatoms. The number of nitrogen functional groups attached to an aromatic ring is 1. The number of carboxylic acids is 1. The van der Waals surface area contributed by atoms with Gasteiger partial charge in [-0.2, -0.15) is 0 Å². The Morgan fingerprint density at radius 3 is 2.57 bits per heavy atom. The van der Waals surface area contributed by atoms with Crippen molar-refractivity contribution in [2.24, 2.45) is 5.92 Å². The van der Waals surface area contributed by atoms with Gasteiger partial charge in [-0.3, -0.25) is 4.79 Å². The molecule has 0 saturated heterocycles. The van der Waals surface area contributed by atoms with Crippen LogP contribution in [0.3, 0.4) is 0 Å². The van der Waals surface area contributed by atoms with Gasteiger partial charge in [-0.05, 0) is 31.4 Å². The monoisotopic (exact) mass is 294 g/mol. The average Bonchev–Trinajstić information content (AvgIpc) is 2.37. The number of carbonyl (C=O) groups is 2. The predicted molar refractivity (Wildman–Crippen MR) is 80.4 cm³/mol. The minimum absolute atomic E-state index is 0.0917. The van der Waals surface area contributed by atoms with Crippen LogP contribution in [0.5, 0.6) is 5.75 Å². The molecule has 1 amide bonds. The number of anilines is 1. The quantitative estimate of drug-likeness (QED) is 0.667. The van der Waals surface area contributed by atoms with Crippen molar-refractivity contribution in [2.45, 2.75) is 33.3 Å². The number of amides is 1. The van der Waals surface area contributed by atoms with Crippen molar-refractivity contribution < 1.29 is 19.4 Å². The molecule has 0 aliphatic heterocycles. The van der Waals surface area contributed by atoms with Crippen LogP contribution in [0, 0.1) is 5.92 Å². The molecular weight excluding hydrogens is 272 g/mol. The number of hydrogen-bond donors (Lipinski definition) is 3. The molecule has 0 aromatic heterocycles. The Hall–Kier alpha value is -2.24. The lowest BCUT2D eigenvalue weighted by Crippen LogP contribution is -2.37. The topological polar surface area (TPSA) is 102 Å². The first-order valence-electron chi connectivity index (χ1n) is 6.89. The Kier molecular flexibility index (Phi) is 6.02. The van der Waals surface area contributed by atoms with E-state index in [1.54, 1.807) is 13.0 Å². The number of aromatic carboxylic acids is 1. The number of carbonyl (C=O) groups excluding carboxylic acids is 1. The van der Waals surface area contributed by atoms with E-state index in [9.17, 15) is 9.59 Å². The van der Waals surface area contributed by atoms with E-state index in [0.717, 1.165) is 6.42 Å². The van der Waals surface area contributed by atoms with Crippen molar-refractivity contribution in [1.29, 1.82) is 0 Å². The third kappa shape index (κ3) is 4.98. The van der Waals surface area contributed by atoms with Crippen LogP contribution in [0.2, 0.25) is 0 Å². The van der Waals surface area contributed by atoms with Gasteiger partial charge >= 0.3 is 5.97 Å². The summed E-state index contributed by atoms with van der Waals surface area (Å²) >= 11 is 0. The molecule has 0 aliphatic carbocycles. The van der Waals surface area contributed by atoms with Crippen molar-refractivity contribution in [3.8, 4) is 5.75 Å². The molecule has 1 unspecified atom stereocenters. The van der Waals surface area contributed by atoms with Crippen molar-refractivity contribution in [3.05, 3.63) is 23.8 Å². The third-order valence-corrected chi connectivity index (χ3v) is 2.97. The Morgan fingerprint density at radius 1 is 1.33 bits per heavy atom. The first-order chi connectivity index (χ1) is 9.82. The summed E-state index contributed by atoms with van der Waals surface area (Å²) in [6.45, 7) is 6.27. The molecule has 6 nitrogen and oxygen atoms in total. The largest absolute Gasteiger partial charge is 0.480 e. The lowest BCUT2D eigenvalue weighted by Gasteiger charge is -2.17. The zero-order valence-corrected chi connectivity index (χ0v) is 12.6. The highest BCUT2D eigenvalue weighted by Crippen LogP contribution is 2.25. The maximum absolute atomic E-state index is 11.9. The zero-order valence-electron chi connectivity index (χ0n) is 12.6. The number of rotatable bonds is 7. The van der Waals surface area contributed by atoms with Crippen LogP contribution in [0.1, 0.15) is 37.6 Å². The maximum atomic E-state index is 11.9. The van der Waals surface area contributed by atoms with E-state index in [2.05, 4.69) is 19.2 Å². The molecule has 0 heterocycles. The van der Waals surface area contributed by atoms with E-state index in [4.69, 9.17) is 15.6 Å². The molecule has 0 fully saturated rings. The molecule has 21 heavy (non-hydrogen) atoms. The molecule has 0 bridgehead atoms. The fraction of sp³-hybridized carbons (Fsp3) is 0.467. The maximum Gasteiger partial charge on any atom is 0.341 e. The second-order valence-electron chi connectivity index (χ2n) is 5.26.